The number of aromatic nitrogens is 1. The van der Waals surface area contributed by atoms with E-state index in [2.05, 4.69) is 48.9 Å². The molecule has 1 aromatic heterocycles. The molecule has 0 aliphatic rings. The van der Waals surface area contributed by atoms with Gasteiger partial charge in [0.15, 0.2) is 5.78 Å². The van der Waals surface area contributed by atoms with Crippen molar-refractivity contribution in [3.63, 3.8) is 0 Å². The maximum absolute atomic E-state index is 12.4. The lowest BCUT2D eigenvalue weighted by Crippen LogP contribution is -2.37. The molecule has 2 aromatic carbocycles. The molecule has 0 atom stereocenters. The fraction of sp³-hybridized carbons (Fsp3) is 0.143. The van der Waals surface area contributed by atoms with Crippen LogP contribution in [0.25, 0.3) is 11.3 Å². The van der Waals surface area contributed by atoms with Gasteiger partial charge in [-0.05, 0) is 12.1 Å². The molecule has 3 rings (SSSR count). The van der Waals surface area contributed by atoms with Crippen molar-refractivity contribution in [2.75, 3.05) is 0 Å². The lowest BCUT2D eigenvalue weighted by atomic mass is 10.0. The summed E-state index contributed by atoms with van der Waals surface area (Å²) in [6, 6.07) is 21.7. The van der Waals surface area contributed by atoms with Gasteiger partial charge in [-0.1, -0.05) is 79.4 Å². The number of benzene rings is 2. The molecule has 2 nitrogen and oxygen atoms in total. The number of carbonyl (C=O) groups is 1. The molecule has 0 N–H and O–H groups in total. The number of pyridine rings is 1. The molecule has 0 amide bonds. The summed E-state index contributed by atoms with van der Waals surface area (Å²) in [5, 5.41) is 1.43. The summed E-state index contributed by atoms with van der Waals surface area (Å²) in [5.41, 5.74) is 3.27. The van der Waals surface area contributed by atoms with E-state index in [9.17, 15) is 4.79 Å². The van der Waals surface area contributed by atoms with Crippen molar-refractivity contribution >= 4 is 19.0 Å². The van der Waals surface area contributed by atoms with E-state index in [-0.39, 0.29) is 5.78 Å². The second-order valence-electron chi connectivity index (χ2n) is 6.95. The number of hydrogen-bond acceptors (Lipinski definition) is 2. The van der Waals surface area contributed by atoms with Crippen molar-refractivity contribution in [1.29, 1.82) is 0 Å². The largest absolute Gasteiger partial charge is 0.289 e. The van der Waals surface area contributed by atoms with Crippen molar-refractivity contribution in [2.24, 2.45) is 0 Å². The second-order valence-corrected chi connectivity index (χ2v) is 12.0. The van der Waals surface area contributed by atoms with Crippen LogP contribution in [0.3, 0.4) is 0 Å². The van der Waals surface area contributed by atoms with Crippen LogP contribution in [0, 0.1) is 0 Å². The summed E-state index contributed by atoms with van der Waals surface area (Å²) in [6.07, 6.45) is 1.66. The lowest BCUT2D eigenvalue weighted by Gasteiger charge is -2.16. The lowest BCUT2D eigenvalue weighted by molar-refractivity contribution is 0.103. The third kappa shape index (κ3) is 3.52. The average Bonchev–Trinajstić information content (AvgIpc) is 2.61. The minimum Gasteiger partial charge on any atom is -0.289 e. The molecule has 0 aliphatic heterocycles. The Morgan fingerprint density at radius 1 is 0.792 bits per heavy atom. The molecule has 0 spiro atoms. The van der Waals surface area contributed by atoms with Crippen LogP contribution in [0.5, 0.6) is 0 Å². The maximum Gasteiger partial charge on any atom is 0.194 e. The van der Waals surface area contributed by atoms with Gasteiger partial charge >= 0.3 is 0 Å². The third-order valence-electron chi connectivity index (χ3n) is 4.11. The van der Waals surface area contributed by atoms with Crippen molar-refractivity contribution in [3.05, 3.63) is 84.1 Å². The van der Waals surface area contributed by atoms with E-state index in [1.807, 2.05) is 42.5 Å². The number of carbonyl (C=O) groups excluding carboxylic acids is 1. The molecule has 0 aliphatic carbocycles. The van der Waals surface area contributed by atoms with Crippen molar-refractivity contribution in [1.82, 2.24) is 4.98 Å². The predicted molar refractivity (Wildman–Crippen MR) is 103 cm³/mol. The standard InChI is InChI=1S/C21H21NOSi/c1-24(2,3)19-12-9-16(10-13-19)20-14-11-18(15-22-20)21(23)17-7-5-4-6-8-17/h4-15H,1-3H3. The van der Waals surface area contributed by atoms with Gasteiger partial charge in [-0.15, -0.1) is 0 Å². The van der Waals surface area contributed by atoms with Crippen LogP contribution in [-0.2, 0) is 0 Å². The quantitative estimate of drug-likeness (QED) is 0.519. The molecule has 0 saturated heterocycles. The van der Waals surface area contributed by atoms with E-state index < -0.39 is 8.07 Å². The fourth-order valence-corrected chi connectivity index (χ4v) is 3.76. The Labute approximate surface area is 144 Å². The first-order valence-corrected chi connectivity index (χ1v) is 11.6. The van der Waals surface area contributed by atoms with Crippen LogP contribution in [0.4, 0.5) is 0 Å². The summed E-state index contributed by atoms with van der Waals surface area (Å²) in [4.78, 5) is 16.9. The molecule has 0 bridgehead atoms. The molecule has 0 fully saturated rings. The summed E-state index contributed by atoms with van der Waals surface area (Å²) < 4.78 is 0. The smallest absolute Gasteiger partial charge is 0.194 e. The van der Waals surface area contributed by atoms with Gasteiger partial charge in [0.1, 0.15) is 0 Å². The van der Waals surface area contributed by atoms with E-state index in [0.29, 0.717) is 11.1 Å². The molecule has 24 heavy (non-hydrogen) atoms. The Morgan fingerprint density at radius 2 is 1.46 bits per heavy atom. The first-order valence-electron chi connectivity index (χ1n) is 8.12. The van der Waals surface area contributed by atoms with E-state index in [1.54, 1.807) is 6.20 Å². The van der Waals surface area contributed by atoms with Gasteiger partial charge in [-0.3, -0.25) is 9.78 Å². The highest BCUT2D eigenvalue weighted by Crippen LogP contribution is 2.18. The SMILES string of the molecule is C[Si](C)(C)c1ccc(-c2ccc(C(=O)c3ccccc3)cn2)cc1. The summed E-state index contributed by atoms with van der Waals surface area (Å²) in [7, 11) is -1.28. The number of hydrogen-bond donors (Lipinski definition) is 0. The Bertz CT molecular complexity index is 832. The van der Waals surface area contributed by atoms with Crippen LogP contribution < -0.4 is 5.19 Å². The van der Waals surface area contributed by atoms with Gasteiger partial charge in [-0.2, -0.15) is 0 Å². The van der Waals surface area contributed by atoms with Gasteiger partial charge in [0.25, 0.3) is 0 Å². The first-order chi connectivity index (χ1) is 11.4. The van der Waals surface area contributed by atoms with Crippen LogP contribution in [0.1, 0.15) is 15.9 Å². The second kappa shape index (κ2) is 6.54. The third-order valence-corrected chi connectivity index (χ3v) is 6.17. The highest BCUT2D eigenvalue weighted by atomic mass is 28.3. The molecule has 0 saturated carbocycles. The van der Waals surface area contributed by atoms with Gasteiger partial charge in [0, 0.05) is 22.9 Å². The van der Waals surface area contributed by atoms with Crippen molar-refractivity contribution in [2.45, 2.75) is 19.6 Å². The van der Waals surface area contributed by atoms with E-state index in [4.69, 9.17) is 0 Å². The number of nitrogens with zero attached hydrogens (tertiary/aromatic N) is 1. The predicted octanol–water partition coefficient (Wildman–Crippen LogP) is 4.52. The van der Waals surface area contributed by atoms with E-state index in [0.717, 1.165) is 11.3 Å². The molecule has 3 aromatic rings. The highest BCUT2D eigenvalue weighted by molar-refractivity contribution is 6.88. The van der Waals surface area contributed by atoms with Crippen molar-refractivity contribution < 1.29 is 4.79 Å². The molecule has 1 heterocycles. The van der Waals surface area contributed by atoms with Crippen molar-refractivity contribution in [3.8, 4) is 11.3 Å². The van der Waals surface area contributed by atoms with Crippen LogP contribution >= 0.6 is 0 Å². The van der Waals surface area contributed by atoms with Gasteiger partial charge < -0.3 is 0 Å². The molecular weight excluding hydrogens is 310 g/mol. The summed E-state index contributed by atoms with van der Waals surface area (Å²) in [5.74, 6) is 0.00345. The minimum absolute atomic E-state index is 0.00345. The highest BCUT2D eigenvalue weighted by Gasteiger charge is 2.16. The topological polar surface area (TPSA) is 30.0 Å². The van der Waals surface area contributed by atoms with Gasteiger partial charge in [0.2, 0.25) is 0 Å². The summed E-state index contributed by atoms with van der Waals surface area (Å²) in [6.45, 7) is 7.01. The first kappa shape index (κ1) is 16.3. The Kier molecular flexibility index (Phi) is 4.45. The Hall–Kier alpha value is -2.52. The molecule has 0 radical (unpaired) electrons. The Balaban J connectivity index is 1.83. The molecule has 0 unspecified atom stereocenters. The normalized spacial score (nSPS) is 11.3. The van der Waals surface area contributed by atoms with E-state index >= 15 is 0 Å². The monoisotopic (exact) mass is 331 g/mol. The van der Waals surface area contributed by atoms with Crippen LogP contribution in [0.15, 0.2) is 72.9 Å². The fourth-order valence-electron chi connectivity index (χ4n) is 2.60. The molecular formula is C21H21NOSi. The van der Waals surface area contributed by atoms with Gasteiger partial charge in [0.05, 0.1) is 13.8 Å². The average molecular weight is 331 g/mol. The number of ketones is 1. The Morgan fingerprint density at radius 3 is 2.00 bits per heavy atom. The zero-order valence-corrected chi connectivity index (χ0v) is 15.3. The zero-order valence-electron chi connectivity index (χ0n) is 14.3. The molecule has 120 valence electrons. The number of rotatable bonds is 4. The van der Waals surface area contributed by atoms with Crippen LogP contribution in [0.2, 0.25) is 19.6 Å². The zero-order chi connectivity index (χ0) is 17.2. The van der Waals surface area contributed by atoms with E-state index in [1.165, 1.54) is 5.19 Å². The minimum atomic E-state index is -1.28. The molecule has 3 heteroatoms. The maximum atomic E-state index is 12.4. The van der Waals surface area contributed by atoms with Gasteiger partial charge in [-0.25, -0.2) is 0 Å². The summed E-state index contributed by atoms with van der Waals surface area (Å²) >= 11 is 0. The van der Waals surface area contributed by atoms with Crippen LogP contribution in [-0.4, -0.2) is 18.8 Å².